The third-order valence-corrected chi connectivity index (χ3v) is 1.95. The van der Waals surface area contributed by atoms with Gasteiger partial charge >= 0.3 is 0 Å². The number of nitrogens with zero attached hydrogens (tertiary/aromatic N) is 4. The lowest BCUT2D eigenvalue weighted by molar-refractivity contribution is 0.266. The maximum absolute atomic E-state index is 3.85. The summed E-state index contributed by atoms with van der Waals surface area (Å²) >= 11 is 0. The van der Waals surface area contributed by atoms with E-state index in [1.54, 1.807) is 0 Å². The van der Waals surface area contributed by atoms with Crippen LogP contribution < -0.4 is 0 Å². The Hall–Kier alpha value is -0.800. The van der Waals surface area contributed by atoms with Crippen LogP contribution in [0.2, 0.25) is 0 Å². The fourth-order valence-corrected chi connectivity index (χ4v) is 1.10. The zero-order valence-corrected chi connectivity index (χ0v) is 5.06. The molecule has 1 aliphatic heterocycles. The summed E-state index contributed by atoms with van der Waals surface area (Å²) in [5, 5.41) is 14.6. The van der Waals surface area contributed by atoms with Gasteiger partial charge in [0.1, 0.15) is 0 Å². The van der Waals surface area contributed by atoms with Crippen LogP contribution in [0.4, 0.5) is 0 Å². The largest absolute Gasteiger partial charge is 0.188 e. The Morgan fingerprint density at radius 3 is 2.11 bits per heavy atom. The van der Waals surface area contributed by atoms with Gasteiger partial charge in [0.05, 0.1) is 0 Å². The fraction of sp³-hybridized carbons (Fsp3) is 1.00. The standard InChI is InChI=1S/C5H8N4/c1-2-4(3-1)5-6-8-9-7-5/h4-5H,1-3H2. The van der Waals surface area contributed by atoms with Crippen LogP contribution in [0.25, 0.3) is 0 Å². The van der Waals surface area contributed by atoms with Crippen LogP contribution in [0, 0.1) is 5.92 Å². The molecule has 0 atom stereocenters. The van der Waals surface area contributed by atoms with Gasteiger partial charge in [-0.15, -0.1) is 10.2 Å². The van der Waals surface area contributed by atoms with E-state index in [1.807, 2.05) is 0 Å². The van der Waals surface area contributed by atoms with Gasteiger partial charge in [-0.05, 0) is 23.3 Å². The first-order valence-electron chi connectivity index (χ1n) is 3.27. The van der Waals surface area contributed by atoms with Crippen molar-refractivity contribution in [1.82, 2.24) is 0 Å². The van der Waals surface area contributed by atoms with Gasteiger partial charge in [-0.1, -0.05) is 6.42 Å². The topological polar surface area (TPSA) is 49.4 Å². The molecule has 0 aromatic rings. The molecule has 0 aromatic carbocycles. The van der Waals surface area contributed by atoms with Crippen LogP contribution in [0.3, 0.4) is 0 Å². The summed E-state index contributed by atoms with van der Waals surface area (Å²) in [7, 11) is 0. The highest BCUT2D eigenvalue weighted by Crippen LogP contribution is 2.33. The minimum atomic E-state index is 0.0822. The molecule has 0 saturated heterocycles. The minimum Gasteiger partial charge on any atom is -0.138 e. The van der Waals surface area contributed by atoms with Crippen molar-refractivity contribution in [2.45, 2.75) is 25.4 Å². The van der Waals surface area contributed by atoms with E-state index in [9.17, 15) is 0 Å². The van der Waals surface area contributed by atoms with Gasteiger partial charge in [0.25, 0.3) is 0 Å². The summed E-state index contributed by atoms with van der Waals surface area (Å²) in [5.74, 6) is 0.653. The van der Waals surface area contributed by atoms with Gasteiger partial charge in [-0.25, -0.2) is 0 Å². The molecule has 48 valence electrons. The van der Waals surface area contributed by atoms with Crippen molar-refractivity contribution >= 4 is 0 Å². The van der Waals surface area contributed by atoms with Crippen LogP contribution in [0.15, 0.2) is 20.7 Å². The van der Waals surface area contributed by atoms with Gasteiger partial charge in [0.15, 0.2) is 6.17 Å². The fourth-order valence-electron chi connectivity index (χ4n) is 1.10. The predicted molar refractivity (Wildman–Crippen MR) is 30.8 cm³/mol. The molecule has 0 unspecified atom stereocenters. The van der Waals surface area contributed by atoms with E-state index in [-0.39, 0.29) is 6.17 Å². The molecular formula is C5H8N4. The lowest BCUT2D eigenvalue weighted by Gasteiger charge is -2.25. The monoisotopic (exact) mass is 124 g/mol. The van der Waals surface area contributed by atoms with Crippen LogP contribution in [0.1, 0.15) is 19.3 Å². The molecular weight excluding hydrogens is 116 g/mol. The first kappa shape index (κ1) is 5.02. The molecule has 0 radical (unpaired) electrons. The second-order valence-electron chi connectivity index (χ2n) is 2.51. The van der Waals surface area contributed by atoms with Gasteiger partial charge in [0.2, 0.25) is 0 Å². The molecule has 0 aromatic heterocycles. The Morgan fingerprint density at radius 2 is 1.67 bits per heavy atom. The van der Waals surface area contributed by atoms with E-state index in [0.717, 1.165) is 0 Å². The molecule has 9 heavy (non-hydrogen) atoms. The van der Waals surface area contributed by atoms with Crippen LogP contribution in [-0.2, 0) is 0 Å². The van der Waals surface area contributed by atoms with Crippen molar-refractivity contribution in [2.75, 3.05) is 0 Å². The number of hydrogen-bond donors (Lipinski definition) is 0. The van der Waals surface area contributed by atoms with Gasteiger partial charge in [-0.3, -0.25) is 0 Å². The van der Waals surface area contributed by atoms with Crippen molar-refractivity contribution < 1.29 is 0 Å². The van der Waals surface area contributed by atoms with Crippen LogP contribution in [0.5, 0.6) is 0 Å². The molecule has 4 heteroatoms. The van der Waals surface area contributed by atoms with Gasteiger partial charge in [-0.2, -0.15) is 0 Å². The third-order valence-electron chi connectivity index (χ3n) is 1.95. The Morgan fingerprint density at radius 1 is 1.00 bits per heavy atom. The van der Waals surface area contributed by atoms with E-state index >= 15 is 0 Å². The lowest BCUT2D eigenvalue weighted by Crippen LogP contribution is -2.21. The normalized spacial score (nSPS) is 27.1. The van der Waals surface area contributed by atoms with E-state index in [1.165, 1.54) is 19.3 Å². The molecule has 2 aliphatic rings. The van der Waals surface area contributed by atoms with Crippen LogP contribution >= 0.6 is 0 Å². The highest BCUT2D eigenvalue weighted by Gasteiger charge is 2.28. The Bertz CT molecular complexity index is 146. The Balaban J connectivity index is 1.97. The molecule has 0 bridgehead atoms. The van der Waals surface area contributed by atoms with Crippen molar-refractivity contribution in [3.05, 3.63) is 0 Å². The van der Waals surface area contributed by atoms with E-state index in [4.69, 9.17) is 0 Å². The zero-order chi connectivity index (χ0) is 6.10. The van der Waals surface area contributed by atoms with Crippen molar-refractivity contribution in [3.8, 4) is 0 Å². The molecule has 0 spiro atoms. The first-order chi connectivity index (χ1) is 4.47. The smallest absolute Gasteiger partial charge is 0.138 e. The van der Waals surface area contributed by atoms with E-state index < -0.39 is 0 Å². The summed E-state index contributed by atoms with van der Waals surface area (Å²) in [4.78, 5) is 0. The lowest BCUT2D eigenvalue weighted by atomic mass is 9.83. The quantitative estimate of drug-likeness (QED) is 0.513. The predicted octanol–water partition coefficient (Wildman–Crippen LogP) is 1.95. The minimum absolute atomic E-state index is 0.0822. The van der Waals surface area contributed by atoms with Crippen molar-refractivity contribution in [2.24, 2.45) is 26.6 Å². The molecule has 1 saturated carbocycles. The first-order valence-corrected chi connectivity index (χ1v) is 3.27. The van der Waals surface area contributed by atoms with Crippen LogP contribution in [-0.4, -0.2) is 6.17 Å². The van der Waals surface area contributed by atoms with Gasteiger partial charge < -0.3 is 0 Å². The van der Waals surface area contributed by atoms with Gasteiger partial charge in [0, 0.05) is 5.92 Å². The highest BCUT2D eigenvalue weighted by molar-refractivity contribution is 4.80. The molecule has 4 nitrogen and oxygen atoms in total. The number of hydrogen-bond acceptors (Lipinski definition) is 4. The average Bonchev–Trinajstić information content (AvgIpc) is 2.11. The van der Waals surface area contributed by atoms with Crippen molar-refractivity contribution in [3.63, 3.8) is 0 Å². The highest BCUT2D eigenvalue weighted by atomic mass is 15.6. The third kappa shape index (κ3) is 0.742. The summed E-state index contributed by atoms with van der Waals surface area (Å²) in [6, 6.07) is 0. The summed E-state index contributed by atoms with van der Waals surface area (Å²) < 4.78 is 0. The molecule has 1 aliphatic carbocycles. The second kappa shape index (κ2) is 1.86. The maximum Gasteiger partial charge on any atom is 0.188 e. The molecule has 2 rings (SSSR count). The molecule has 0 amide bonds. The Labute approximate surface area is 53.1 Å². The average molecular weight is 124 g/mol. The second-order valence-corrected chi connectivity index (χ2v) is 2.51. The SMILES string of the molecule is C1CC(C2N=NN=N2)C1. The summed E-state index contributed by atoms with van der Waals surface area (Å²) in [6.07, 6.45) is 3.91. The summed E-state index contributed by atoms with van der Waals surface area (Å²) in [6.45, 7) is 0. The molecule has 1 fully saturated rings. The molecule has 0 N–H and O–H groups in total. The molecule has 1 heterocycles. The van der Waals surface area contributed by atoms with E-state index in [0.29, 0.717) is 5.92 Å². The van der Waals surface area contributed by atoms with E-state index in [2.05, 4.69) is 20.7 Å². The number of rotatable bonds is 1. The maximum atomic E-state index is 3.85. The Kier molecular flexibility index (Phi) is 1.04. The zero-order valence-electron chi connectivity index (χ0n) is 5.06. The van der Waals surface area contributed by atoms with Crippen molar-refractivity contribution in [1.29, 1.82) is 0 Å². The summed E-state index contributed by atoms with van der Waals surface area (Å²) in [5.41, 5.74) is 0.